The lowest BCUT2D eigenvalue weighted by atomic mass is 10.1. The Labute approximate surface area is 114 Å². The van der Waals surface area contributed by atoms with Crippen molar-refractivity contribution in [3.8, 4) is 0 Å². The zero-order valence-corrected chi connectivity index (χ0v) is 11.9. The molecular formula is C13H23N5O. The van der Waals surface area contributed by atoms with Crippen LogP contribution in [-0.4, -0.2) is 72.4 Å². The molecule has 0 aromatic carbocycles. The minimum absolute atomic E-state index is 0.592. The van der Waals surface area contributed by atoms with Crippen LogP contribution in [0, 0.1) is 0 Å². The molecule has 6 nitrogen and oxygen atoms in total. The van der Waals surface area contributed by atoms with Gasteiger partial charge in [-0.25, -0.2) is 0 Å². The van der Waals surface area contributed by atoms with Crippen LogP contribution in [0.1, 0.15) is 19.2 Å². The fourth-order valence-corrected chi connectivity index (χ4v) is 2.97. The lowest BCUT2D eigenvalue weighted by Crippen LogP contribution is -2.61. The molecule has 0 spiro atoms. The van der Waals surface area contributed by atoms with Crippen molar-refractivity contribution in [2.24, 2.45) is 0 Å². The number of nitrogens with zero attached hydrogens (tertiary/aromatic N) is 5. The Morgan fingerprint density at radius 3 is 2.84 bits per heavy atom. The number of anilines is 1. The smallest absolute Gasteiger partial charge is 0.318 e. The average molecular weight is 265 g/mol. The number of fused-ring (bicyclic) bond motifs is 1. The van der Waals surface area contributed by atoms with Gasteiger partial charge in [0.2, 0.25) is 5.89 Å². The Hall–Kier alpha value is -1.14. The number of likely N-dealkylation sites (N-methyl/N-ethyl adjacent to an activating group) is 1. The highest BCUT2D eigenvalue weighted by Gasteiger charge is 2.32. The molecule has 0 saturated carbocycles. The fraction of sp³-hybridized carbons (Fsp3) is 0.846. The molecule has 0 aliphatic carbocycles. The summed E-state index contributed by atoms with van der Waals surface area (Å²) >= 11 is 0. The first-order valence-electron chi connectivity index (χ1n) is 7.26. The van der Waals surface area contributed by atoms with Crippen molar-refractivity contribution in [3.63, 3.8) is 0 Å². The molecule has 3 rings (SSSR count). The van der Waals surface area contributed by atoms with Gasteiger partial charge in [-0.3, -0.25) is 4.90 Å². The second kappa shape index (κ2) is 5.46. The monoisotopic (exact) mass is 265 g/mol. The summed E-state index contributed by atoms with van der Waals surface area (Å²) in [6.45, 7) is 8.71. The number of aryl methyl sites for hydroxylation is 1. The van der Waals surface area contributed by atoms with Gasteiger partial charge in [-0.2, -0.15) is 0 Å². The molecule has 106 valence electrons. The Morgan fingerprint density at radius 1 is 1.16 bits per heavy atom. The van der Waals surface area contributed by atoms with Crippen molar-refractivity contribution in [1.82, 2.24) is 20.0 Å². The topological polar surface area (TPSA) is 48.6 Å². The van der Waals surface area contributed by atoms with Crippen LogP contribution < -0.4 is 4.90 Å². The van der Waals surface area contributed by atoms with Crippen LogP contribution in [0.5, 0.6) is 0 Å². The highest BCUT2D eigenvalue weighted by molar-refractivity contribution is 5.26. The summed E-state index contributed by atoms with van der Waals surface area (Å²) in [6, 6.07) is 1.30. The van der Waals surface area contributed by atoms with E-state index in [0.29, 0.717) is 12.1 Å². The zero-order chi connectivity index (χ0) is 13.2. The SMILES string of the molecule is CCCc1nnc(N2CCN3CCN(C)C[C@H]3C2)o1. The maximum Gasteiger partial charge on any atom is 0.318 e. The second-order valence-corrected chi connectivity index (χ2v) is 5.63. The summed E-state index contributed by atoms with van der Waals surface area (Å²) in [6.07, 6.45) is 1.92. The molecule has 6 heteroatoms. The van der Waals surface area contributed by atoms with Gasteiger partial charge < -0.3 is 14.2 Å². The molecule has 0 bridgehead atoms. The average Bonchev–Trinajstić information content (AvgIpc) is 2.87. The van der Waals surface area contributed by atoms with E-state index in [0.717, 1.165) is 44.9 Å². The Kier molecular flexibility index (Phi) is 3.70. The third-order valence-electron chi connectivity index (χ3n) is 4.09. The first-order chi connectivity index (χ1) is 9.26. The Morgan fingerprint density at radius 2 is 2.00 bits per heavy atom. The molecule has 1 aromatic heterocycles. The van der Waals surface area contributed by atoms with Crippen LogP contribution in [0.4, 0.5) is 6.01 Å². The maximum atomic E-state index is 5.74. The molecule has 2 aliphatic heterocycles. The summed E-state index contributed by atoms with van der Waals surface area (Å²) in [4.78, 5) is 7.23. The Balaban J connectivity index is 1.65. The first kappa shape index (κ1) is 12.9. The molecule has 1 aromatic rings. The fourth-order valence-electron chi connectivity index (χ4n) is 2.97. The highest BCUT2D eigenvalue weighted by atomic mass is 16.4. The van der Waals surface area contributed by atoms with Gasteiger partial charge in [-0.1, -0.05) is 12.0 Å². The van der Waals surface area contributed by atoms with Crippen molar-refractivity contribution in [3.05, 3.63) is 5.89 Å². The van der Waals surface area contributed by atoms with Gasteiger partial charge in [0, 0.05) is 51.7 Å². The van der Waals surface area contributed by atoms with E-state index in [9.17, 15) is 0 Å². The number of aromatic nitrogens is 2. The van der Waals surface area contributed by atoms with Gasteiger partial charge in [0.05, 0.1) is 0 Å². The van der Waals surface area contributed by atoms with Gasteiger partial charge >= 0.3 is 6.01 Å². The van der Waals surface area contributed by atoms with Crippen LogP contribution >= 0.6 is 0 Å². The Bertz CT molecular complexity index is 421. The highest BCUT2D eigenvalue weighted by Crippen LogP contribution is 2.20. The van der Waals surface area contributed by atoms with Gasteiger partial charge in [-0.05, 0) is 13.5 Å². The van der Waals surface area contributed by atoms with Crippen molar-refractivity contribution >= 4 is 6.01 Å². The predicted octanol–water partition coefficient (Wildman–Crippen LogP) is 0.458. The molecule has 0 amide bonds. The van der Waals surface area contributed by atoms with Crippen LogP contribution in [-0.2, 0) is 6.42 Å². The van der Waals surface area contributed by atoms with Gasteiger partial charge in [0.15, 0.2) is 0 Å². The van der Waals surface area contributed by atoms with Crippen LogP contribution in [0.25, 0.3) is 0 Å². The van der Waals surface area contributed by atoms with E-state index >= 15 is 0 Å². The van der Waals surface area contributed by atoms with Gasteiger partial charge in [0.1, 0.15) is 0 Å². The minimum Gasteiger partial charge on any atom is -0.408 e. The standard InChI is InChI=1S/C13H23N5O/c1-3-4-12-14-15-13(19-12)18-8-7-17-6-5-16(2)9-11(17)10-18/h11H,3-10H2,1-2H3/t11-/m0/s1. The van der Waals surface area contributed by atoms with Crippen LogP contribution in [0.3, 0.4) is 0 Å². The number of rotatable bonds is 3. The summed E-state index contributed by atoms with van der Waals surface area (Å²) in [5.74, 6) is 0.765. The number of piperazine rings is 2. The second-order valence-electron chi connectivity index (χ2n) is 5.63. The van der Waals surface area contributed by atoms with Crippen molar-refractivity contribution in [2.45, 2.75) is 25.8 Å². The minimum atomic E-state index is 0.592. The summed E-state index contributed by atoms with van der Waals surface area (Å²) in [7, 11) is 2.20. The van der Waals surface area contributed by atoms with E-state index in [1.807, 2.05) is 0 Å². The molecule has 2 saturated heterocycles. The van der Waals surface area contributed by atoms with Crippen molar-refractivity contribution in [2.75, 3.05) is 51.2 Å². The molecule has 3 heterocycles. The van der Waals surface area contributed by atoms with E-state index in [2.05, 4.69) is 38.9 Å². The quantitative estimate of drug-likeness (QED) is 0.791. The van der Waals surface area contributed by atoms with Crippen LogP contribution in [0.2, 0.25) is 0 Å². The van der Waals surface area contributed by atoms with E-state index in [4.69, 9.17) is 4.42 Å². The third-order valence-corrected chi connectivity index (χ3v) is 4.09. The number of hydrogen-bond donors (Lipinski definition) is 0. The van der Waals surface area contributed by atoms with Gasteiger partial charge in [0.25, 0.3) is 0 Å². The normalized spacial score (nSPS) is 25.6. The zero-order valence-electron chi connectivity index (χ0n) is 11.9. The summed E-state index contributed by atoms with van der Waals surface area (Å²) in [5.41, 5.74) is 0. The largest absolute Gasteiger partial charge is 0.408 e. The van der Waals surface area contributed by atoms with Gasteiger partial charge in [-0.15, -0.1) is 5.10 Å². The van der Waals surface area contributed by atoms with E-state index in [1.54, 1.807) is 0 Å². The summed E-state index contributed by atoms with van der Waals surface area (Å²) < 4.78 is 5.74. The molecule has 0 radical (unpaired) electrons. The molecule has 19 heavy (non-hydrogen) atoms. The van der Waals surface area contributed by atoms with Crippen LogP contribution in [0.15, 0.2) is 4.42 Å². The van der Waals surface area contributed by atoms with E-state index < -0.39 is 0 Å². The third kappa shape index (κ3) is 2.74. The predicted molar refractivity (Wildman–Crippen MR) is 73.4 cm³/mol. The molecule has 0 N–H and O–H groups in total. The molecule has 1 atom stereocenters. The maximum absolute atomic E-state index is 5.74. The lowest BCUT2D eigenvalue weighted by Gasteiger charge is -2.45. The first-order valence-corrected chi connectivity index (χ1v) is 7.26. The van der Waals surface area contributed by atoms with Crippen molar-refractivity contribution < 1.29 is 4.42 Å². The van der Waals surface area contributed by atoms with E-state index in [1.165, 1.54) is 13.1 Å². The van der Waals surface area contributed by atoms with Crippen molar-refractivity contribution in [1.29, 1.82) is 0 Å². The molecule has 0 unspecified atom stereocenters. The lowest BCUT2D eigenvalue weighted by molar-refractivity contribution is 0.0791. The summed E-state index contributed by atoms with van der Waals surface area (Å²) in [5, 5.41) is 8.31. The number of hydrogen-bond acceptors (Lipinski definition) is 6. The molecule has 2 aliphatic rings. The molecule has 2 fully saturated rings. The van der Waals surface area contributed by atoms with E-state index in [-0.39, 0.29) is 0 Å². The molecular weight excluding hydrogens is 242 g/mol.